The van der Waals surface area contributed by atoms with E-state index in [1.54, 1.807) is 6.07 Å². The second-order valence-electron chi connectivity index (χ2n) is 8.01. The third kappa shape index (κ3) is 5.92. The van der Waals surface area contributed by atoms with Crippen LogP contribution in [0.3, 0.4) is 0 Å². The van der Waals surface area contributed by atoms with Crippen molar-refractivity contribution in [3.63, 3.8) is 0 Å². The Balaban J connectivity index is 1.59. The van der Waals surface area contributed by atoms with Crippen LogP contribution in [0.4, 0.5) is 8.78 Å². The van der Waals surface area contributed by atoms with Gasteiger partial charge in [-0.25, -0.2) is 0 Å². The zero-order chi connectivity index (χ0) is 18.4. The number of nitrogens with one attached hydrogen (secondary N) is 1. The van der Waals surface area contributed by atoms with Crippen LogP contribution >= 0.6 is 0 Å². The van der Waals surface area contributed by atoms with Crippen molar-refractivity contribution >= 4 is 21.8 Å². The van der Waals surface area contributed by atoms with Gasteiger partial charge in [-0.15, -0.1) is 0 Å². The summed E-state index contributed by atoms with van der Waals surface area (Å²) in [6, 6.07) is 4.56. The first-order chi connectivity index (χ1) is 12.6. The van der Waals surface area contributed by atoms with Crippen molar-refractivity contribution in [1.82, 2.24) is 5.32 Å². The molecule has 1 saturated heterocycles. The van der Waals surface area contributed by atoms with Crippen molar-refractivity contribution in [2.24, 2.45) is 5.92 Å². The van der Waals surface area contributed by atoms with E-state index in [4.69, 9.17) is 0 Å². The van der Waals surface area contributed by atoms with Gasteiger partial charge < -0.3 is 0 Å². The molecule has 0 aromatic heterocycles. The van der Waals surface area contributed by atoms with E-state index in [1.165, 1.54) is 69.6 Å². The number of halogens is 2. The molecular weight excluding hydrogens is 391 g/mol. The molecule has 2 aliphatic rings. The fourth-order valence-electron chi connectivity index (χ4n) is 4.36. The zero-order valence-electron chi connectivity index (χ0n) is 15.8. The Labute approximate surface area is 163 Å². The third-order valence-electron chi connectivity index (χ3n) is 5.80. The molecule has 1 radical (unpaired) electrons. The van der Waals surface area contributed by atoms with Crippen LogP contribution in [-0.4, -0.2) is 28.3 Å². The van der Waals surface area contributed by atoms with Crippen molar-refractivity contribution in [1.29, 1.82) is 0 Å². The fourth-order valence-corrected chi connectivity index (χ4v) is 7.66. The molecule has 1 nitrogen and oxygen atoms in total. The Bertz CT molecular complexity index is 604. The molecule has 1 aromatic carbocycles. The van der Waals surface area contributed by atoms with Crippen LogP contribution in [0.1, 0.15) is 63.9 Å². The molecule has 2 atom stereocenters. The first kappa shape index (κ1) is 20.1. The predicted octanol–water partition coefficient (Wildman–Crippen LogP) is 6.00. The average Bonchev–Trinajstić information content (AvgIpc) is 3.16. The van der Waals surface area contributed by atoms with Crippen LogP contribution < -0.4 is 5.32 Å². The number of rotatable bonds is 7. The monoisotopic (exact) mass is 422 g/mol. The molecule has 1 aliphatic carbocycles. The first-order valence-electron chi connectivity index (χ1n) is 10.1. The summed E-state index contributed by atoms with van der Waals surface area (Å²) in [6.07, 6.45) is 13.0. The minimum atomic E-state index is -0.511. The Kier molecular flexibility index (Phi) is 7.75. The van der Waals surface area contributed by atoms with Gasteiger partial charge in [0.2, 0.25) is 0 Å². The van der Waals surface area contributed by atoms with E-state index in [-0.39, 0.29) is 15.8 Å². The second-order valence-corrected chi connectivity index (χ2v) is 10.8. The summed E-state index contributed by atoms with van der Waals surface area (Å²) < 4.78 is 27.8. The summed E-state index contributed by atoms with van der Waals surface area (Å²) in [5.41, 5.74) is 1.73. The molecule has 4 heteroatoms. The number of hydrogen-bond acceptors (Lipinski definition) is 1. The minimum absolute atomic E-state index is 0.204. The maximum absolute atomic E-state index is 13.9. The average molecular weight is 422 g/mol. The van der Waals surface area contributed by atoms with Crippen molar-refractivity contribution in [2.45, 2.75) is 74.2 Å². The van der Waals surface area contributed by atoms with E-state index in [1.807, 2.05) is 6.08 Å². The molecule has 1 aromatic rings. The maximum atomic E-state index is 13.9. The standard InChI is InChI=1S/C22H31AsF2N/c1-16(12-18-9-10-19(24)14-21(18)25)15-23-20(22-8-5-11-26-22)13-17-6-3-2-4-7-17/h9-10,12,14,17,20,22,26H,2-8,11,13,15H2,1H3. The van der Waals surface area contributed by atoms with Crippen molar-refractivity contribution in [3.8, 4) is 0 Å². The molecule has 0 bridgehead atoms. The zero-order valence-corrected chi connectivity index (χ0v) is 17.7. The summed E-state index contributed by atoms with van der Waals surface area (Å²) in [5.74, 6) is -0.0504. The van der Waals surface area contributed by atoms with E-state index in [9.17, 15) is 8.78 Å². The van der Waals surface area contributed by atoms with Gasteiger partial charge in [-0.05, 0) is 0 Å². The molecule has 1 aliphatic heterocycles. The number of benzene rings is 1. The van der Waals surface area contributed by atoms with Crippen LogP contribution in [0, 0.1) is 17.6 Å². The van der Waals surface area contributed by atoms with E-state index in [0.29, 0.717) is 11.6 Å². The molecule has 2 unspecified atom stereocenters. The van der Waals surface area contributed by atoms with E-state index in [2.05, 4.69) is 12.2 Å². The molecule has 1 heterocycles. The summed E-state index contributed by atoms with van der Waals surface area (Å²) >= 11 is 0.204. The summed E-state index contributed by atoms with van der Waals surface area (Å²) in [7, 11) is 0. The Morgan fingerprint density at radius 3 is 2.69 bits per heavy atom. The van der Waals surface area contributed by atoms with Crippen LogP contribution in [0.15, 0.2) is 23.8 Å². The Hall–Kier alpha value is -0.662. The van der Waals surface area contributed by atoms with Crippen molar-refractivity contribution < 1.29 is 8.78 Å². The van der Waals surface area contributed by atoms with Gasteiger partial charge in [0, 0.05) is 0 Å². The van der Waals surface area contributed by atoms with Gasteiger partial charge in [0.15, 0.2) is 0 Å². The van der Waals surface area contributed by atoms with E-state index < -0.39 is 11.6 Å². The molecule has 0 spiro atoms. The molecule has 143 valence electrons. The van der Waals surface area contributed by atoms with Gasteiger partial charge in [-0.1, -0.05) is 0 Å². The molecule has 0 amide bonds. The predicted molar refractivity (Wildman–Crippen MR) is 107 cm³/mol. The van der Waals surface area contributed by atoms with Gasteiger partial charge in [0.25, 0.3) is 0 Å². The summed E-state index contributed by atoms with van der Waals surface area (Å²) in [5, 5.41) is 4.82. The van der Waals surface area contributed by atoms with Crippen molar-refractivity contribution in [3.05, 3.63) is 41.0 Å². The van der Waals surface area contributed by atoms with Gasteiger partial charge in [0.05, 0.1) is 0 Å². The topological polar surface area (TPSA) is 12.0 Å². The quantitative estimate of drug-likeness (QED) is 0.532. The summed E-state index contributed by atoms with van der Waals surface area (Å²) in [6.45, 7) is 3.26. The Morgan fingerprint density at radius 2 is 2.00 bits per heavy atom. The fraction of sp³-hybridized carbons (Fsp3) is 0.636. The van der Waals surface area contributed by atoms with Gasteiger partial charge >= 0.3 is 164 Å². The van der Waals surface area contributed by atoms with Crippen LogP contribution in [0.25, 0.3) is 6.08 Å². The molecule has 3 rings (SSSR count). The Morgan fingerprint density at radius 1 is 1.19 bits per heavy atom. The first-order valence-corrected chi connectivity index (χ1v) is 12.5. The van der Waals surface area contributed by atoms with Gasteiger partial charge in [-0.3, -0.25) is 0 Å². The van der Waals surface area contributed by atoms with Crippen LogP contribution in [0.5, 0.6) is 0 Å². The van der Waals surface area contributed by atoms with Gasteiger partial charge in [0.1, 0.15) is 0 Å². The molecule has 26 heavy (non-hydrogen) atoms. The molecule has 1 saturated carbocycles. The SMILES string of the molecule is CC(=Cc1ccc(F)cc1F)C[As]C(CC1CCCCC1)C1CCCN1. The number of hydrogen-bond donors (Lipinski definition) is 1. The second kappa shape index (κ2) is 10.0. The third-order valence-corrected chi connectivity index (χ3v) is 9.41. The molecular formula is C22H31AsF2N. The normalized spacial score (nSPS) is 23.8. The summed E-state index contributed by atoms with van der Waals surface area (Å²) in [4.78, 5) is 0. The van der Waals surface area contributed by atoms with Crippen molar-refractivity contribution in [2.75, 3.05) is 6.54 Å². The van der Waals surface area contributed by atoms with Crippen LogP contribution in [-0.2, 0) is 0 Å². The van der Waals surface area contributed by atoms with Gasteiger partial charge in [-0.2, -0.15) is 0 Å². The van der Waals surface area contributed by atoms with Crippen LogP contribution in [0.2, 0.25) is 9.91 Å². The van der Waals surface area contributed by atoms with E-state index >= 15 is 0 Å². The molecule has 2 fully saturated rings. The number of allylic oxidation sites excluding steroid dienone is 1. The molecule has 1 N–H and O–H groups in total. The van der Waals surface area contributed by atoms with E-state index in [0.717, 1.165) is 21.9 Å².